The van der Waals surface area contributed by atoms with E-state index in [1.54, 1.807) is 24.5 Å². The second kappa shape index (κ2) is 8.59. The van der Waals surface area contributed by atoms with Gasteiger partial charge in [-0.25, -0.2) is 9.37 Å². The third-order valence-electron chi connectivity index (χ3n) is 5.23. The molecule has 0 spiro atoms. The molecule has 29 heavy (non-hydrogen) atoms. The van der Waals surface area contributed by atoms with Crippen molar-refractivity contribution in [3.8, 4) is 11.5 Å². The minimum absolute atomic E-state index is 0.0732. The van der Waals surface area contributed by atoms with Gasteiger partial charge in [-0.3, -0.25) is 4.79 Å². The van der Waals surface area contributed by atoms with E-state index in [1.807, 2.05) is 11.4 Å². The number of aromatic amines is 1. The molecule has 0 bridgehead atoms. The highest BCUT2D eigenvalue weighted by Gasteiger charge is 2.22. The summed E-state index contributed by atoms with van der Waals surface area (Å²) in [5, 5.41) is 15.0. The number of aromatic nitrogens is 2. The Bertz CT molecular complexity index is 999. The van der Waals surface area contributed by atoms with Gasteiger partial charge in [-0.1, -0.05) is 0 Å². The van der Waals surface area contributed by atoms with Crippen LogP contribution in [-0.2, 0) is 4.79 Å². The molecule has 8 heteroatoms. The van der Waals surface area contributed by atoms with E-state index in [-0.39, 0.29) is 24.3 Å². The number of H-pyrrole nitrogens is 1. The van der Waals surface area contributed by atoms with Crippen LogP contribution in [0.5, 0.6) is 11.5 Å². The van der Waals surface area contributed by atoms with E-state index in [9.17, 15) is 14.3 Å². The fraction of sp³-hybridized carbons (Fsp3) is 0.333. The molecule has 152 valence electrons. The number of rotatable bonds is 6. The molecule has 0 atom stereocenters. The maximum absolute atomic E-state index is 14.5. The molecule has 1 saturated carbocycles. The van der Waals surface area contributed by atoms with E-state index < -0.39 is 5.82 Å². The van der Waals surface area contributed by atoms with Gasteiger partial charge in [-0.15, -0.1) is 0 Å². The third kappa shape index (κ3) is 4.72. The Morgan fingerprint density at radius 2 is 2.07 bits per heavy atom. The molecule has 0 aliphatic heterocycles. The number of carbonyl (C=O) groups excluding carboxylic acids is 1. The van der Waals surface area contributed by atoms with Gasteiger partial charge in [0, 0.05) is 37.0 Å². The molecule has 0 unspecified atom stereocenters. The van der Waals surface area contributed by atoms with Crippen LogP contribution in [0.1, 0.15) is 25.7 Å². The van der Waals surface area contributed by atoms with E-state index in [0.717, 1.165) is 31.1 Å². The number of hydrogen-bond donors (Lipinski definition) is 4. The number of aliphatic hydroxyl groups excluding tert-OH is 1. The van der Waals surface area contributed by atoms with Crippen molar-refractivity contribution >= 4 is 22.6 Å². The molecule has 3 aromatic rings. The molecular weight excluding hydrogens is 375 g/mol. The van der Waals surface area contributed by atoms with Crippen LogP contribution in [0.15, 0.2) is 42.7 Å². The first kappa shape index (κ1) is 19.4. The van der Waals surface area contributed by atoms with Gasteiger partial charge in [0.2, 0.25) is 0 Å². The van der Waals surface area contributed by atoms with Gasteiger partial charge in [-0.05, 0) is 37.1 Å². The number of ether oxygens (including phenoxy) is 1. The molecule has 1 aliphatic rings. The fourth-order valence-electron chi connectivity index (χ4n) is 3.63. The van der Waals surface area contributed by atoms with Crippen LogP contribution in [0.3, 0.4) is 0 Å². The lowest BCUT2D eigenvalue weighted by molar-refractivity contribution is -0.681. The lowest BCUT2D eigenvalue weighted by atomic mass is 9.93. The summed E-state index contributed by atoms with van der Waals surface area (Å²) in [6, 6.07) is 8.19. The van der Waals surface area contributed by atoms with Crippen molar-refractivity contribution in [3.05, 3.63) is 48.5 Å². The quantitative estimate of drug-likeness (QED) is 0.511. The number of carbonyl (C=O) groups is 1. The van der Waals surface area contributed by atoms with Crippen molar-refractivity contribution in [3.63, 3.8) is 0 Å². The van der Waals surface area contributed by atoms with Crippen LogP contribution in [0.4, 0.5) is 10.1 Å². The summed E-state index contributed by atoms with van der Waals surface area (Å²) < 4.78 is 20.2. The lowest BCUT2D eigenvalue weighted by Crippen LogP contribution is -2.92. The number of hydrogen-bond acceptors (Lipinski definition) is 4. The van der Waals surface area contributed by atoms with Crippen LogP contribution in [0, 0.1) is 5.82 Å². The molecule has 2 heterocycles. The minimum Gasteiger partial charge on any atom is -0.453 e. The summed E-state index contributed by atoms with van der Waals surface area (Å²) in [6.07, 6.45) is 6.48. The average Bonchev–Trinajstić information content (AvgIpc) is 3.19. The van der Waals surface area contributed by atoms with Gasteiger partial charge in [0.25, 0.3) is 5.91 Å². The average molecular weight is 399 g/mol. The molecule has 4 rings (SSSR count). The Hall–Kier alpha value is -2.97. The topological polar surface area (TPSA) is 104 Å². The zero-order chi connectivity index (χ0) is 20.2. The first-order chi connectivity index (χ1) is 14.1. The number of nitrogens with one attached hydrogen (secondary N) is 2. The van der Waals surface area contributed by atoms with Crippen molar-refractivity contribution in [2.45, 2.75) is 37.8 Å². The summed E-state index contributed by atoms with van der Waals surface area (Å²) in [5.74, 6) is -0.177. The Morgan fingerprint density at radius 3 is 2.86 bits per heavy atom. The fourth-order valence-corrected chi connectivity index (χ4v) is 3.63. The number of fused-ring (bicyclic) bond motifs is 1. The summed E-state index contributed by atoms with van der Waals surface area (Å²) in [5.41, 5.74) is 1.05. The largest absolute Gasteiger partial charge is 0.453 e. The Morgan fingerprint density at radius 1 is 1.24 bits per heavy atom. The number of nitrogens with zero attached hydrogens (tertiary/aromatic N) is 1. The standard InChI is InChI=1S/C21H23FN4O3/c22-17-11-14(26-20(28)12-25-13-1-4-15(27)5-2-13)3-6-19(17)29-18-8-10-24-21-16(18)7-9-23-21/h3,6-11,13,15,25,27H,1-2,4-5,12H2,(H,23,24)(H,26,28)/p+1. The van der Waals surface area contributed by atoms with Crippen LogP contribution in [0.25, 0.3) is 11.0 Å². The van der Waals surface area contributed by atoms with E-state index in [2.05, 4.69) is 15.3 Å². The van der Waals surface area contributed by atoms with Crippen LogP contribution in [-0.4, -0.2) is 39.7 Å². The van der Waals surface area contributed by atoms with Crippen molar-refractivity contribution in [2.75, 3.05) is 11.9 Å². The van der Waals surface area contributed by atoms with Crippen molar-refractivity contribution in [1.29, 1.82) is 0 Å². The summed E-state index contributed by atoms with van der Waals surface area (Å²) in [7, 11) is 0. The number of pyridine rings is 1. The highest BCUT2D eigenvalue weighted by atomic mass is 19.1. The maximum Gasteiger partial charge on any atom is 0.279 e. The number of quaternary nitrogens is 1. The number of anilines is 1. The summed E-state index contributed by atoms with van der Waals surface area (Å²) >= 11 is 0. The summed E-state index contributed by atoms with van der Waals surface area (Å²) in [6.45, 7) is 0.267. The van der Waals surface area contributed by atoms with Crippen molar-refractivity contribution < 1.29 is 24.3 Å². The van der Waals surface area contributed by atoms with E-state index in [1.165, 1.54) is 12.1 Å². The molecule has 0 saturated heterocycles. The van der Waals surface area contributed by atoms with Gasteiger partial charge in [0.1, 0.15) is 11.4 Å². The van der Waals surface area contributed by atoms with Crippen molar-refractivity contribution in [1.82, 2.24) is 9.97 Å². The second-order valence-corrected chi connectivity index (χ2v) is 7.35. The normalized spacial score (nSPS) is 19.2. The predicted molar refractivity (Wildman–Crippen MR) is 106 cm³/mol. The van der Waals surface area contributed by atoms with Gasteiger partial charge < -0.3 is 25.5 Å². The first-order valence-electron chi connectivity index (χ1n) is 9.79. The molecule has 1 aromatic carbocycles. The molecule has 2 aromatic heterocycles. The monoisotopic (exact) mass is 399 g/mol. The first-order valence-corrected chi connectivity index (χ1v) is 9.79. The summed E-state index contributed by atoms with van der Waals surface area (Å²) in [4.78, 5) is 19.3. The Labute approximate surface area is 167 Å². The molecule has 5 N–H and O–H groups in total. The molecule has 1 aliphatic carbocycles. The Kier molecular flexibility index (Phi) is 5.73. The van der Waals surface area contributed by atoms with E-state index in [0.29, 0.717) is 23.1 Å². The van der Waals surface area contributed by atoms with E-state index in [4.69, 9.17) is 4.74 Å². The molecule has 7 nitrogen and oxygen atoms in total. The van der Waals surface area contributed by atoms with Gasteiger partial charge >= 0.3 is 0 Å². The predicted octanol–water partition coefficient (Wildman–Crippen LogP) is 2.30. The molecule has 1 amide bonds. The lowest BCUT2D eigenvalue weighted by Gasteiger charge is -2.23. The Balaban J connectivity index is 1.34. The maximum atomic E-state index is 14.5. The molecule has 1 fully saturated rings. The van der Waals surface area contributed by atoms with Crippen LogP contribution < -0.4 is 15.4 Å². The van der Waals surface area contributed by atoms with Gasteiger partial charge in [0.05, 0.1) is 17.5 Å². The van der Waals surface area contributed by atoms with Gasteiger partial charge in [-0.2, -0.15) is 0 Å². The van der Waals surface area contributed by atoms with Crippen molar-refractivity contribution in [2.24, 2.45) is 0 Å². The molecular formula is C21H24FN4O3+. The minimum atomic E-state index is -0.562. The van der Waals surface area contributed by atoms with Crippen LogP contribution >= 0.6 is 0 Å². The van der Waals surface area contributed by atoms with Crippen LogP contribution in [0.2, 0.25) is 0 Å². The molecule has 0 radical (unpaired) electrons. The SMILES string of the molecule is O=C(C[NH2+]C1CCC(O)CC1)Nc1ccc(Oc2ccnc3[nH]ccc23)c(F)c1. The number of halogens is 1. The van der Waals surface area contributed by atoms with E-state index >= 15 is 0 Å². The second-order valence-electron chi connectivity index (χ2n) is 7.35. The highest BCUT2D eigenvalue weighted by molar-refractivity contribution is 5.91. The zero-order valence-corrected chi connectivity index (χ0v) is 15.9. The van der Waals surface area contributed by atoms with Gasteiger partial charge in [0.15, 0.2) is 18.1 Å². The zero-order valence-electron chi connectivity index (χ0n) is 15.9. The number of benzene rings is 1. The number of amides is 1. The third-order valence-corrected chi connectivity index (χ3v) is 5.23. The number of aliphatic hydroxyl groups is 1. The smallest absolute Gasteiger partial charge is 0.279 e. The number of nitrogens with two attached hydrogens (primary N) is 1. The highest BCUT2D eigenvalue weighted by Crippen LogP contribution is 2.31.